The third-order valence-corrected chi connectivity index (χ3v) is 4.84. The molecule has 1 fully saturated rings. The molecule has 1 aliphatic rings. The Hall–Kier alpha value is -3.15. The van der Waals surface area contributed by atoms with E-state index in [2.05, 4.69) is 22.8 Å². The Morgan fingerprint density at radius 2 is 1.74 bits per heavy atom. The number of hydrogen-bond acceptors (Lipinski definition) is 4. The van der Waals surface area contributed by atoms with Gasteiger partial charge in [-0.15, -0.1) is 0 Å². The van der Waals surface area contributed by atoms with Crippen LogP contribution in [0.15, 0.2) is 48.5 Å². The molecule has 1 saturated heterocycles. The lowest BCUT2D eigenvalue weighted by atomic mass is 9.99. The highest BCUT2D eigenvalue weighted by molar-refractivity contribution is 5.82. The number of rotatable bonds is 5. The van der Waals surface area contributed by atoms with Crippen LogP contribution >= 0.6 is 0 Å². The van der Waals surface area contributed by atoms with Crippen LogP contribution in [0.4, 0.5) is 0 Å². The van der Waals surface area contributed by atoms with E-state index in [1.165, 1.54) is 0 Å². The van der Waals surface area contributed by atoms with Gasteiger partial charge in [0.05, 0.1) is 23.7 Å². The van der Waals surface area contributed by atoms with Crippen LogP contribution in [0, 0.1) is 22.7 Å². The molecule has 0 spiro atoms. The minimum atomic E-state index is -0.540. The topological polar surface area (TPSA) is 88.7 Å². The minimum absolute atomic E-state index is 0.0875. The summed E-state index contributed by atoms with van der Waals surface area (Å²) < 4.78 is 0. The Morgan fingerprint density at radius 3 is 2.30 bits per heavy atom. The van der Waals surface area contributed by atoms with Crippen molar-refractivity contribution in [2.45, 2.75) is 37.8 Å². The summed E-state index contributed by atoms with van der Waals surface area (Å²) in [6.45, 7) is 0.853. The molecule has 0 aliphatic carbocycles. The molecule has 0 saturated carbocycles. The van der Waals surface area contributed by atoms with Gasteiger partial charge in [-0.2, -0.15) is 10.5 Å². The highest BCUT2D eigenvalue weighted by Crippen LogP contribution is 2.20. The lowest BCUT2D eigenvalue weighted by Crippen LogP contribution is -2.49. The van der Waals surface area contributed by atoms with E-state index in [1.807, 2.05) is 36.4 Å². The van der Waals surface area contributed by atoms with Crippen LogP contribution in [0.1, 0.15) is 30.4 Å². The van der Waals surface area contributed by atoms with Crippen LogP contribution in [0.5, 0.6) is 0 Å². The molecule has 0 radical (unpaired) electrons. The summed E-state index contributed by atoms with van der Waals surface area (Å²) in [6, 6.07) is 18.9. The molecule has 5 heteroatoms. The minimum Gasteiger partial charge on any atom is -0.339 e. The molecule has 136 valence electrons. The monoisotopic (exact) mass is 358 g/mol. The number of carbonyl (C=O) groups is 1. The zero-order valence-corrected chi connectivity index (χ0v) is 15.1. The Labute approximate surface area is 159 Å². The first-order valence-corrected chi connectivity index (χ1v) is 9.22. The van der Waals surface area contributed by atoms with Crippen LogP contribution in [0.3, 0.4) is 0 Å². The first-order valence-electron chi connectivity index (χ1n) is 9.22. The molecule has 2 aromatic carbocycles. The molecule has 0 aromatic heterocycles. The van der Waals surface area contributed by atoms with Gasteiger partial charge in [0, 0.05) is 6.42 Å². The Balaban J connectivity index is 1.61. The van der Waals surface area contributed by atoms with Crippen LogP contribution in [-0.2, 0) is 11.2 Å². The van der Waals surface area contributed by atoms with Crippen LogP contribution in [-0.4, -0.2) is 24.5 Å². The fraction of sp³-hybridized carbons (Fsp3) is 0.318. The van der Waals surface area contributed by atoms with Crippen molar-refractivity contribution < 1.29 is 4.79 Å². The van der Waals surface area contributed by atoms with E-state index < -0.39 is 6.04 Å². The lowest BCUT2D eigenvalue weighted by molar-refractivity contribution is -0.124. The molecule has 2 unspecified atom stereocenters. The quantitative estimate of drug-likeness (QED) is 0.860. The highest BCUT2D eigenvalue weighted by atomic mass is 16.2. The van der Waals surface area contributed by atoms with Gasteiger partial charge in [-0.3, -0.25) is 4.79 Å². The number of nitrogens with zero attached hydrogens (tertiary/aromatic N) is 2. The fourth-order valence-electron chi connectivity index (χ4n) is 3.28. The van der Waals surface area contributed by atoms with E-state index in [4.69, 9.17) is 5.26 Å². The molecule has 3 rings (SSSR count). The normalized spacial score (nSPS) is 17.3. The van der Waals surface area contributed by atoms with Gasteiger partial charge in [0.15, 0.2) is 0 Å². The molecule has 1 aliphatic heterocycles. The second kappa shape index (κ2) is 8.98. The Kier molecular flexibility index (Phi) is 6.20. The maximum absolute atomic E-state index is 12.3. The summed E-state index contributed by atoms with van der Waals surface area (Å²) in [7, 11) is 0. The van der Waals surface area contributed by atoms with Gasteiger partial charge in [0.25, 0.3) is 0 Å². The second-order valence-electron chi connectivity index (χ2n) is 6.78. The first kappa shape index (κ1) is 18.6. The van der Waals surface area contributed by atoms with E-state index in [0.717, 1.165) is 42.5 Å². The highest BCUT2D eigenvalue weighted by Gasteiger charge is 2.22. The smallest absolute Gasteiger partial charge is 0.238 e. The summed E-state index contributed by atoms with van der Waals surface area (Å²) in [6.07, 6.45) is 3.43. The lowest BCUT2D eigenvalue weighted by Gasteiger charge is -2.23. The third-order valence-electron chi connectivity index (χ3n) is 4.84. The summed E-state index contributed by atoms with van der Waals surface area (Å²) in [5.74, 6) is -0.0875. The number of hydrogen-bond donors (Lipinski definition) is 2. The van der Waals surface area contributed by atoms with Crippen molar-refractivity contribution in [3.8, 4) is 23.3 Å². The zero-order valence-electron chi connectivity index (χ0n) is 15.1. The van der Waals surface area contributed by atoms with Gasteiger partial charge in [0.2, 0.25) is 5.91 Å². The predicted octanol–water partition coefficient (Wildman–Crippen LogP) is 2.92. The second-order valence-corrected chi connectivity index (χ2v) is 6.78. The maximum atomic E-state index is 12.3. The number of piperidine rings is 1. The largest absolute Gasteiger partial charge is 0.339 e. The molecule has 0 bridgehead atoms. The summed E-state index contributed by atoms with van der Waals surface area (Å²) in [5, 5.41) is 24.3. The summed E-state index contributed by atoms with van der Waals surface area (Å²) in [5.41, 5.74) is 3.72. The van der Waals surface area contributed by atoms with Crippen molar-refractivity contribution in [2.24, 2.45) is 0 Å². The van der Waals surface area contributed by atoms with Crippen molar-refractivity contribution in [1.29, 1.82) is 10.5 Å². The number of carbonyl (C=O) groups excluding carboxylic acids is 1. The molecule has 5 nitrogen and oxygen atoms in total. The molecular formula is C22H22N4O. The number of nitrogens with one attached hydrogen (secondary N) is 2. The molecule has 1 amide bonds. The van der Waals surface area contributed by atoms with Crippen molar-refractivity contribution in [3.63, 3.8) is 0 Å². The molecule has 2 atom stereocenters. The van der Waals surface area contributed by atoms with E-state index in [9.17, 15) is 10.1 Å². The third kappa shape index (κ3) is 4.94. The average molecular weight is 358 g/mol. The molecule has 2 N–H and O–H groups in total. The van der Waals surface area contributed by atoms with Crippen LogP contribution in [0.2, 0.25) is 0 Å². The Bertz CT molecular complexity index is 853. The standard InChI is InChI=1S/C22H22N4O/c23-14-17-6-10-19(11-7-17)18-8-4-16(5-9-18)13-20(15-24)26-22(27)21-3-1-2-12-25-21/h4-11,20-21,25H,1-3,12-13H2,(H,26,27). The molecule has 2 aromatic rings. The molecule has 1 heterocycles. The molecule has 27 heavy (non-hydrogen) atoms. The van der Waals surface area contributed by atoms with Crippen molar-refractivity contribution >= 4 is 5.91 Å². The fourth-order valence-corrected chi connectivity index (χ4v) is 3.28. The van der Waals surface area contributed by atoms with Crippen molar-refractivity contribution in [3.05, 3.63) is 59.7 Å². The van der Waals surface area contributed by atoms with E-state index >= 15 is 0 Å². The zero-order chi connectivity index (χ0) is 19.1. The van der Waals surface area contributed by atoms with Gasteiger partial charge in [-0.25, -0.2) is 0 Å². The SMILES string of the molecule is N#Cc1ccc(-c2ccc(CC(C#N)NC(=O)C3CCCCN3)cc2)cc1. The van der Waals surface area contributed by atoms with E-state index in [-0.39, 0.29) is 11.9 Å². The summed E-state index contributed by atoms with van der Waals surface area (Å²) >= 11 is 0. The molecular weight excluding hydrogens is 336 g/mol. The van der Waals surface area contributed by atoms with Gasteiger partial charge >= 0.3 is 0 Å². The summed E-state index contributed by atoms with van der Waals surface area (Å²) in [4.78, 5) is 12.3. The Morgan fingerprint density at radius 1 is 1.07 bits per heavy atom. The average Bonchev–Trinajstić information content (AvgIpc) is 2.74. The van der Waals surface area contributed by atoms with E-state index in [1.54, 1.807) is 12.1 Å². The predicted molar refractivity (Wildman–Crippen MR) is 103 cm³/mol. The van der Waals surface area contributed by atoms with Crippen molar-refractivity contribution in [1.82, 2.24) is 10.6 Å². The number of benzene rings is 2. The van der Waals surface area contributed by atoms with E-state index in [0.29, 0.717) is 12.0 Å². The number of nitriles is 2. The number of amides is 1. The maximum Gasteiger partial charge on any atom is 0.238 e. The first-order chi connectivity index (χ1) is 13.2. The van der Waals surface area contributed by atoms with Crippen LogP contribution in [0.25, 0.3) is 11.1 Å². The van der Waals surface area contributed by atoms with Crippen molar-refractivity contribution in [2.75, 3.05) is 6.54 Å². The van der Waals surface area contributed by atoms with Gasteiger partial charge in [-0.05, 0) is 48.2 Å². The van der Waals surface area contributed by atoms with Gasteiger partial charge in [-0.1, -0.05) is 42.8 Å². The van der Waals surface area contributed by atoms with Gasteiger partial charge < -0.3 is 10.6 Å². The van der Waals surface area contributed by atoms with Crippen LogP contribution < -0.4 is 10.6 Å². The van der Waals surface area contributed by atoms with Gasteiger partial charge in [0.1, 0.15) is 6.04 Å².